The molecule has 2 atom stereocenters. The van der Waals surface area contributed by atoms with Gasteiger partial charge < -0.3 is 10.1 Å². The van der Waals surface area contributed by atoms with E-state index in [0.717, 1.165) is 12.5 Å². The molecule has 2 rings (SSSR count). The summed E-state index contributed by atoms with van der Waals surface area (Å²) in [7, 11) is 0. The Balaban J connectivity index is 1.80. The van der Waals surface area contributed by atoms with Crippen molar-refractivity contribution < 1.29 is 18.7 Å². The van der Waals surface area contributed by atoms with Gasteiger partial charge in [0.15, 0.2) is 6.61 Å². The molecule has 1 amide bonds. The Morgan fingerprint density at radius 3 is 2.79 bits per heavy atom. The molecule has 1 saturated carbocycles. The van der Waals surface area contributed by atoms with Gasteiger partial charge in [0.2, 0.25) is 0 Å². The van der Waals surface area contributed by atoms with Crippen LogP contribution in [0.1, 0.15) is 13.3 Å². The molecule has 6 heteroatoms. The summed E-state index contributed by atoms with van der Waals surface area (Å²) in [5.74, 6) is -1.13. The van der Waals surface area contributed by atoms with Crippen molar-refractivity contribution in [2.75, 3.05) is 11.9 Å². The zero-order chi connectivity index (χ0) is 14.0. The lowest BCUT2D eigenvalue weighted by atomic mass is 10.3. The number of carbonyl (C=O) groups excluding carboxylic acids is 2. The van der Waals surface area contributed by atoms with Gasteiger partial charge in [-0.25, -0.2) is 4.39 Å². The highest BCUT2D eigenvalue weighted by molar-refractivity contribution is 6.31. The Morgan fingerprint density at radius 1 is 1.53 bits per heavy atom. The molecule has 102 valence electrons. The van der Waals surface area contributed by atoms with Gasteiger partial charge in [-0.3, -0.25) is 9.59 Å². The standard InChI is InChI=1S/C13H13ClFNO3/c1-7-4-9(7)13(18)19-6-12(17)16-8-2-3-11(15)10(14)5-8/h2-3,5,7,9H,4,6H2,1H3,(H,16,17)/t7-,9+/m0/s1. The fourth-order valence-corrected chi connectivity index (χ4v) is 1.85. The van der Waals surface area contributed by atoms with Crippen LogP contribution in [0.3, 0.4) is 0 Å². The number of ether oxygens (including phenoxy) is 1. The van der Waals surface area contributed by atoms with E-state index in [4.69, 9.17) is 16.3 Å². The first-order chi connectivity index (χ1) is 8.97. The Hall–Kier alpha value is -1.62. The Kier molecular flexibility index (Phi) is 4.04. The predicted molar refractivity (Wildman–Crippen MR) is 68.3 cm³/mol. The molecule has 1 N–H and O–H groups in total. The molecule has 0 saturated heterocycles. The average molecular weight is 286 g/mol. The summed E-state index contributed by atoms with van der Waals surface area (Å²) in [5, 5.41) is 2.39. The third kappa shape index (κ3) is 3.67. The summed E-state index contributed by atoms with van der Waals surface area (Å²) in [6.07, 6.45) is 0.814. The van der Waals surface area contributed by atoms with Crippen molar-refractivity contribution in [2.45, 2.75) is 13.3 Å². The number of hydrogen-bond donors (Lipinski definition) is 1. The summed E-state index contributed by atoms with van der Waals surface area (Å²) >= 11 is 5.58. The fourth-order valence-electron chi connectivity index (χ4n) is 1.67. The first-order valence-corrected chi connectivity index (χ1v) is 6.26. The summed E-state index contributed by atoms with van der Waals surface area (Å²) in [4.78, 5) is 22.9. The second-order valence-corrected chi connectivity index (χ2v) is 5.01. The van der Waals surface area contributed by atoms with Crippen molar-refractivity contribution in [1.29, 1.82) is 0 Å². The molecule has 0 bridgehead atoms. The number of carbonyl (C=O) groups is 2. The monoisotopic (exact) mass is 285 g/mol. The third-order valence-corrected chi connectivity index (χ3v) is 3.25. The smallest absolute Gasteiger partial charge is 0.309 e. The molecule has 0 aliphatic heterocycles. The normalized spacial score (nSPS) is 20.8. The Morgan fingerprint density at radius 2 is 2.21 bits per heavy atom. The zero-order valence-corrected chi connectivity index (χ0v) is 11.0. The summed E-state index contributed by atoms with van der Waals surface area (Å²) in [6.45, 7) is 1.60. The largest absolute Gasteiger partial charge is 0.455 e. The highest BCUT2D eigenvalue weighted by Crippen LogP contribution is 2.38. The minimum absolute atomic E-state index is 0.0759. The van der Waals surface area contributed by atoms with Gasteiger partial charge in [0.25, 0.3) is 5.91 Å². The van der Waals surface area contributed by atoms with E-state index >= 15 is 0 Å². The van der Waals surface area contributed by atoms with Crippen molar-refractivity contribution in [1.82, 2.24) is 0 Å². The molecule has 4 nitrogen and oxygen atoms in total. The van der Waals surface area contributed by atoms with Crippen LogP contribution in [0.4, 0.5) is 10.1 Å². The van der Waals surface area contributed by atoms with Crippen molar-refractivity contribution in [3.63, 3.8) is 0 Å². The maximum absolute atomic E-state index is 12.9. The number of nitrogens with one attached hydrogen (secondary N) is 1. The van der Waals surface area contributed by atoms with E-state index in [0.29, 0.717) is 11.6 Å². The van der Waals surface area contributed by atoms with Crippen LogP contribution in [0.15, 0.2) is 18.2 Å². The Bertz CT molecular complexity index is 521. The van der Waals surface area contributed by atoms with Crippen molar-refractivity contribution >= 4 is 29.2 Å². The van der Waals surface area contributed by atoms with Crippen LogP contribution in [0.25, 0.3) is 0 Å². The van der Waals surface area contributed by atoms with Crippen LogP contribution in [-0.2, 0) is 14.3 Å². The second kappa shape index (κ2) is 5.57. The fraction of sp³-hybridized carbons (Fsp3) is 0.385. The minimum Gasteiger partial charge on any atom is -0.455 e. The lowest BCUT2D eigenvalue weighted by Gasteiger charge is -2.07. The summed E-state index contributed by atoms with van der Waals surface area (Å²) < 4.78 is 17.8. The van der Waals surface area contributed by atoms with E-state index in [1.54, 1.807) is 0 Å². The molecule has 0 spiro atoms. The van der Waals surface area contributed by atoms with Gasteiger partial charge in [0.1, 0.15) is 5.82 Å². The quantitative estimate of drug-likeness (QED) is 0.865. The molecular formula is C13H13ClFNO3. The number of hydrogen-bond acceptors (Lipinski definition) is 3. The number of esters is 1. The van der Waals surface area contributed by atoms with Gasteiger partial charge in [0, 0.05) is 5.69 Å². The number of amides is 1. The Labute approximate surface area is 114 Å². The van der Waals surface area contributed by atoms with Gasteiger partial charge in [-0.2, -0.15) is 0 Å². The maximum Gasteiger partial charge on any atom is 0.309 e. The van der Waals surface area contributed by atoms with Crippen LogP contribution < -0.4 is 5.32 Å². The molecule has 0 radical (unpaired) electrons. The van der Waals surface area contributed by atoms with Gasteiger partial charge in [-0.1, -0.05) is 18.5 Å². The molecule has 19 heavy (non-hydrogen) atoms. The SMILES string of the molecule is C[C@H]1C[C@H]1C(=O)OCC(=O)Nc1ccc(F)c(Cl)c1. The summed E-state index contributed by atoms with van der Waals surface area (Å²) in [5.41, 5.74) is 0.354. The molecule has 0 unspecified atom stereocenters. The lowest BCUT2D eigenvalue weighted by Crippen LogP contribution is -2.21. The van der Waals surface area contributed by atoms with Crippen LogP contribution in [0.2, 0.25) is 5.02 Å². The minimum atomic E-state index is -0.561. The van der Waals surface area contributed by atoms with Crippen LogP contribution >= 0.6 is 11.6 Å². The number of halogens is 2. The first-order valence-electron chi connectivity index (χ1n) is 5.89. The molecule has 1 aliphatic rings. The highest BCUT2D eigenvalue weighted by atomic mass is 35.5. The average Bonchev–Trinajstić information content (AvgIpc) is 3.08. The second-order valence-electron chi connectivity index (χ2n) is 4.60. The molecule has 0 aromatic heterocycles. The van der Waals surface area contributed by atoms with E-state index in [1.165, 1.54) is 12.1 Å². The molecule has 1 aromatic carbocycles. The van der Waals surface area contributed by atoms with E-state index in [2.05, 4.69) is 5.32 Å². The van der Waals surface area contributed by atoms with Crippen LogP contribution in [-0.4, -0.2) is 18.5 Å². The van der Waals surface area contributed by atoms with Gasteiger partial charge >= 0.3 is 5.97 Å². The molecule has 1 aliphatic carbocycles. The van der Waals surface area contributed by atoms with E-state index in [9.17, 15) is 14.0 Å². The first kappa shape index (κ1) is 13.8. The topological polar surface area (TPSA) is 55.4 Å². The number of rotatable bonds is 4. The van der Waals surface area contributed by atoms with Crippen molar-refractivity contribution in [2.24, 2.45) is 11.8 Å². The van der Waals surface area contributed by atoms with Crippen molar-refractivity contribution in [3.05, 3.63) is 29.0 Å². The lowest BCUT2D eigenvalue weighted by molar-refractivity contribution is -0.148. The van der Waals surface area contributed by atoms with E-state index in [1.807, 2.05) is 6.92 Å². The van der Waals surface area contributed by atoms with Crippen molar-refractivity contribution in [3.8, 4) is 0 Å². The van der Waals surface area contributed by atoms with E-state index in [-0.39, 0.29) is 23.5 Å². The van der Waals surface area contributed by atoms with E-state index < -0.39 is 11.7 Å². The maximum atomic E-state index is 12.9. The molecular weight excluding hydrogens is 273 g/mol. The predicted octanol–water partition coefficient (Wildman–Crippen LogP) is 2.62. The number of anilines is 1. The molecule has 1 aromatic rings. The zero-order valence-electron chi connectivity index (χ0n) is 10.3. The van der Waals surface area contributed by atoms with Gasteiger partial charge in [-0.05, 0) is 30.5 Å². The van der Waals surface area contributed by atoms with Gasteiger partial charge in [0.05, 0.1) is 10.9 Å². The molecule has 1 fully saturated rings. The summed E-state index contributed by atoms with van der Waals surface area (Å²) in [6, 6.07) is 3.82. The highest BCUT2D eigenvalue weighted by Gasteiger charge is 2.40. The molecule has 0 heterocycles. The van der Waals surface area contributed by atoms with Crippen LogP contribution in [0.5, 0.6) is 0 Å². The number of benzene rings is 1. The van der Waals surface area contributed by atoms with Crippen LogP contribution in [0, 0.1) is 17.7 Å². The third-order valence-electron chi connectivity index (χ3n) is 2.96. The van der Waals surface area contributed by atoms with Gasteiger partial charge in [-0.15, -0.1) is 0 Å².